The van der Waals surface area contributed by atoms with E-state index in [9.17, 15) is 4.79 Å². The predicted molar refractivity (Wildman–Crippen MR) is 30.5 cm³/mol. The van der Waals surface area contributed by atoms with Crippen LogP contribution >= 0.6 is 12.6 Å². The molecule has 0 N–H and O–H groups in total. The van der Waals surface area contributed by atoms with E-state index in [1.807, 2.05) is 0 Å². The van der Waals surface area contributed by atoms with Gasteiger partial charge in [0.05, 0.1) is 12.4 Å². The van der Waals surface area contributed by atoms with Crippen molar-refractivity contribution in [2.75, 3.05) is 12.4 Å². The average Bonchev–Trinajstić information content (AvgIpc) is 1.68. The topological polar surface area (TPSA) is 26.3 Å². The SMILES string of the molecule is CCOC(=O)CS.[Zn]. The second-order valence-corrected chi connectivity index (χ2v) is 1.28. The first-order valence-corrected chi connectivity index (χ1v) is 2.71. The van der Waals surface area contributed by atoms with Gasteiger partial charge in [0.2, 0.25) is 0 Å². The Labute approximate surface area is 67.1 Å². The number of rotatable bonds is 2. The Morgan fingerprint density at radius 2 is 2.25 bits per heavy atom. The normalized spacial score (nSPS) is 7.25. The molecule has 0 fully saturated rings. The summed E-state index contributed by atoms with van der Waals surface area (Å²) in [7, 11) is 0. The van der Waals surface area contributed by atoms with Gasteiger partial charge in [-0.25, -0.2) is 0 Å². The minimum atomic E-state index is -0.258. The summed E-state index contributed by atoms with van der Waals surface area (Å²) in [5.41, 5.74) is 0. The fourth-order valence-corrected chi connectivity index (χ4v) is 0.298. The molecular weight excluding hydrogens is 177 g/mol. The molecule has 4 heteroatoms. The Bertz CT molecular complexity index is 67.1. The molecule has 0 atom stereocenters. The minimum absolute atomic E-state index is 0. The van der Waals surface area contributed by atoms with E-state index in [2.05, 4.69) is 17.4 Å². The Hall–Kier alpha value is 0.443. The van der Waals surface area contributed by atoms with Crippen molar-refractivity contribution in [2.24, 2.45) is 0 Å². The van der Waals surface area contributed by atoms with Crippen LogP contribution in [0.4, 0.5) is 0 Å². The fourth-order valence-electron chi connectivity index (χ4n) is 0.207. The molecule has 44 valence electrons. The van der Waals surface area contributed by atoms with Crippen molar-refractivity contribution in [1.29, 1.82) is 0 Å². The minimum Gasteiger partial charge on any atom is -0.465 e. The van der Waals surface area contributed by atoms with Gasteiger partial charge < -0.3 is 4.74 Å². The average molecular weight is 186 g/mol. The van der Waals surface area contributed by atoms with Crippen LogP contribution < -0.4 is 0 Å². The van der Waals surface area contributed by atoms with E-state index in [-0.39, 0.29) is 31.2 Å². The summed E-state index contributed by atoms with van der Waals surface area (Å²) in [5.74, 6) is -0.0840. The van der Waals surface area contributed by atoms with Crippen molar-refractivity contribution >= 4 is 18.6 Å². The van der Waals surface area contributed by atoms with Gasteiger partial charge in [-0.15, -0.1) is 0 Å². The van der Waals surface area contributed by atoms with Crippen LogP contribution in [0.2, 0.25) is 0 Å². The number of thiol groups is 1. The van der Waals surface area contributed by atoms with Gasteiger partial charge in [-0.2, -0.15) is 12.6 Å². The van der Waals surface area contributed by atoms with Crippen molar-refractivity contribution < 1.29 is 29.0 Å². The van der Waals surface area contributed by atoms with Gasteiger partial charge in [-0.1, -0.05) is 0 Å². The smallest absolute Gasteiger partial charge is 0.315 e. The molecule has 0 amide bonds. The van der Waals surface area contributed by atoms with Crippen LogP contribution in [-0.4, -0.2) is 18.3 Å². The number of carbonyl (C=O) groups excluding carboxylic acids is 1. The molecule has 0 rings (SSSR count). The molecule has 0 heterocycles. The first-order valence-electron chi connectivity index (χ1n) is 2.07. The Morgan fingerprint density at radius 3 is 2.38 bits per heavy atom. The molecule has 0 aliphatic carbocycles. The van der Waals surface area contributed by atoms with Crippen LogP contribution in [0.5, 0.6) is 0 Å². The van der Waals surface area contributed by atoms with Crippen molar-refractivity contribution in [3.05, 3.63) is 0 Å². The van der Waals surface area contributed by atoms with Gasteiger partial charge in [0.25, 0.3) is 0 Å². The van der Waals surface area contributed by atoms with Gasteiger partial charge >= 0.3 is 5.97 Å². The predicted octanol–water partition coefficient (Wildman–Crippen LogP) is 0.477. The van der Waals surface area contributed by atoms with Crippen molar-refractivity contribution in [3.8, 4) is 0 Å². The Balaban J connectivity index is 0. The maximum absolute atomic E-state index is 10.1. The van der Waals surface area contributed by atoms with Gasteiger partial charge in [-0.05, 0) is 6.92 Å². The zero-order valence-corrected chi connectivity index (χ0v) is 8.75. The molecular formula is C4H8O2SZn. The summed E-state index contributed by atoms with van der Waals surface area (Å²) < 4.78 is 4.48. The second kappa shape index (κ2) is 7.44. The zero-order valence-electron chi connectivity index (χ0n) is 4.89. The van der Waals surface area contributed by atoms with Crippen LogP contribution in [0.3, 0.4) is 0 Å². The first kappa shape index (κ1) is 11.3. The number of esters is 1. The molecule has 8 heavy (non-hydrogen) atoms. The standard InChI is InChI=1S/C4H8O2S.Zn/c1-2-6-4(5)3-7;/h7H,2-3H2,1H3;. The summed E-state index contributed by atoms with van der Waals surface area (Å²) in [6.45, 7) is 2.21. The first-order chi connectivity index (χ1) is 3.31. The zero-order chi connectivity index (χ0) is 5.70. The maximum Gasteiger partial charge on any atom is 0.315 e. The van der Waals surface area contributed by atoms with E-state index in [0.717, 1.165) is 0 Å². The molecule has 0 aromatic rings. The van der Waals surface area contributed by atoms with Crippen LogP contribution in [-0.2, 0) is 29.0 Å². The molecule has 0 aliphatic heterocycles. The van der Waals surface area contributed by atoms with Crippen molar-refractivity contribution in [3.63, 3.8) is 0 Å². The summed E-state index contributed by atoms with van der Waals surface area (Å²) in [4.78, 5) is 10.1. The van der Waals surface area contributed by atoms with Gasteiger partial charge in [-0.3, -0.25) is 4.79 Å². The molecule has 0 aliphatic rings. The van der Waals surface area contributed by atoms with E-state index in [1.54, 1.807) is 6.92 Å². The van der Waals surface area contributed by atoms with E-state index in [4.69, 9.17) is 0 Å². The molecule has 0 saturated carbocycles. The van der Waals surface area contributed by atoms with Crippen LogP contribution in [0.15, 0.2) is 0 Å². The van der Waals surface area contributed by atoms with E-state index >= 15 is 0 Å². The third-order valence-corrected chi connectivity index (χ3v) is 0.693. The summed E-state index contributed by atoms with van der Waals surface area (Å²) in [5, 5.41) is 0. The molecule has 0 saturated heterocycles. The molecule has 0 unspecified atom stereocenters. The van der Waals surface area contributed by atoms with Gasteiger partial charge in [0, 0.05) is 19.5 Å². The Morgan fingerprint density at radius 1 is 1.75 bits per heavy atom. The third-order valence-electron chi connectivity index (χ3n) is 0.434. The molecule has 0 aromatic carbocycles. The quantitative estimate of drug-likeness (QED) is 0.385. The molecule has 0 spiro atoms. The van der Waals surface area contributed by atoms with E-state index in [1.165, 1.54) is 0 Å². The van der Waals surface area contributed by atoms with Crippen LogP contribution in [0.1, 0.15) is 6.92 Å². The number of hydrogen-bond donors (Lipinski definition) is 1. The van der Waals surface area contributed by atoms with Gasteiger partial charge in [0.1, 0.15) is 0 Å². The Kier molecular flexibility index (Phi) is 10.5. The van der Waals surface area contributed by atoms with E-state index < -0.39 is 0 Å². The molecule has 0 bridgehead atoms. The second-order valence-electron chi connectivity index (χ2n) is 0.963. The number of ether oxygens (including phenoxy) is 1. The maximum atomic E-state index is 10.1. The summed E-state index contributed by atoms with van der Waals surface area (Å²) in [6, 6.07) is 0. The van der Waals surface area contributed by atoms with Crippen LogP contribution in [0.25, 0.3) is 0 Å². The fraction of sp³-hybridized carbons (Fsp3) is 0.750. The third kappa shape index (κ3) is 6.44. The van der Waals surface area contributed by atoms with Gasteiger partial charge in [0.15, 0.2) is 0 Å². The monoisotopic (exact) mass is 184 g/mol. The summed E-state index contributed by atoms with van der Waals surface area (Å²) in [6.07, 6.45) is 0. The largest absolute Gasteiger partial charge is 0.465 e. The number of carbonyl (C=O) groups is 1. The summed E-state index contributed by atoms with van der Waals surface area (Å²) >= 11 is 3.67. The molecule has 2 nitrogen and oxygen atoms in total. The van der Waals surface area contributed by atoms with Crippen LogP contribution in [0, 0.1) is 0 Å². The molecule has 0 aromatic heterocycles. The molecule has 0 radical (unpaired) electrons. The number of hydrogen-bond acceptors (Lipinski definition) is 3. The van der Waals surface area contributed by atoms with Crippen molar-refractivity contribution in [1.82, 2.24) is 0 Å². The van der Waals surface area contributed by atoms with Crippen molar-refractivity contribution in [2.45, 2.75) is 6.92 Å². The van der Waals surface area contributed by atoms with E-state index in [0.29, 0.717) is 6.61 Å².